The number of carbonyl (C=O) groups is 1. The highest BCUT2D eigenvalue weighted by atomic mass is 79.9. The fourth-order valence-electron chi connectivity index (χ4n) is 1.36. The number of benzene rings is 1. The van der Waals surface area contributed by atoms with Crippen LogP contribution in [0.3, 0.4) is 0 Å². The highest BCUT2D eigenvalue weighted by Crippen LogP contribution is 2.32. The van der Waals surface area contributed by atoms with E-state index >= 15 is 0 Å². The maximum Gasteiger partial charge on any atom is 0.244 e. The van der Waals surface area contributed by atoms with Gasteiger partial charge in [-0.15, -0.1) is 0 Å². The monoisotopic (exact) mass is 394 g/mol. The van der Waals surface area contributed by atoms with E-state index in [0.717, 1.165) is 19.8 Å². The summed E-state index contributed by atoms with van der Waals surface area (Å²) in [5.74, 6) is -0.117. The lowest BCUT2D eigenvalue weighted by molar-refractivity contribution is 0.0926. The van der Waals surface area contributed by atoms with E-state index in [2.05, 4.69) is 52.9 Å². The van der Waals surface area contributed by atoms with Crippen LogP contribution in [0.1, 0.15) is 11.7 Å². The van der Waals surface area contributed by atoms with Crippen molar-refractivity contribution in [2.24, 2.45) is 0 Å². The molecule has 0 bridgehead atoms. The van der Waals surface area contributed by atoms with E-state index in [9.17, 15) is 4.79 Å². The molecule has 3 nitrogen and oxygen atoms in total. The van der Waals surface area contributed by atoms with Gasteiger partial charge in [0, 0.05) is 21.3 Å². The second kappa shape index (κ2) is 3.99. The molecule has 0 saturated heterocycles. The Balaban J connectivity index is 2.93. The predicted octanol–water partition coefficient (Wildman–Crippen LogP) is 3.98. The fourth-order valence-corrected chi connectivity index (χ4v) is 3.21. The maximum absolute atomic E-state index is 11.4. The Hall–Kier alpha value is -0.200. The minimum atomic E-state index is -0.117. The Morgan fingerprint density at radius 3 is 2.60 bits per heavy atom. The Kier molecular flexibility index (Phi) is 3.00. The molecule has 1 aromatic carbocycles. The second-order valence-electron chi connectivity index (χ2n) is 3.01. The minimum absolute atomic E-state index is 0.117. The molecule has 0 spiro atoms. The molecule has 0 aliphatic rings. The summed E-state index contributed by atoms with van der Waals surface area (Å²) in [6.45, 7) is 1.48. The average Bonchev–Trinajstić information content (AvgIpc) is 2.44. The standard InChI is InChI=1S/C9H5Br3N2O/c1-4(15)14-8-6(9(12)13-14)2-5(10)3-7(8)11/h2-3H,1H3. The zero-order chi connectivity index (χ0) is 11.2. The summed E-state index contributed by atoms with van der Waals surface area (Å²) in [6.07, 6.45) is 0. The van der Waals surface area contributed by atoms with E-state index in [1.54, 1.807) is 0 Å². The van der Waals surface area contributed by atoms with Gasteiger partial charge < -0.3 is 0 Å². The van der Waals surface area contributed by atoms with Crippen LogP contribution in [-0.4, -0.2) is 15.7 Å². The molecule has 0 saturated carbocycles. The molecule has 0 fully saturated rings. The molecule has 1 heterocycles. The summed E-state index contributed by atoms with van der Waals surface area (Å²) in [5, 5.41) is 5.02. The smallest absolute Gasteiger partial charge is 0.244 e. The number of fused-ring (bicyclic) bond motifs is 1. The van der Waals surface area contributed by atoms with Gasteiger partial charge in [0.05, 0.1) is 5.52 Å². The quantitative estimate of drug-likeness (QED) is 0.675. The Morgan fingerprint density at radius 1 is 1.33 bits per heavy atom. The Labute approximate surface area is 111 Å². The van der Waals surface area contributed by atoms with Crippen molar-refractivity contribution < 1.29 is 4.79 Å². The molecule has 0 atom stereocenters. The molecule has 2 rings (SSSR count). The SMILES string of the molecule is CC(=O)n1nc(Br)c2cc(Br)cc(Br)c21. The zero-order valence-corrected chi connectivity index (χ0v) is 12.3. The van der Waals surface area contributed by atoms with E-state index in [1.165, 1.54) is 11.6 Å². The van der Waals surface area contributed by atoms with Crippen LogP contribution in [0.5, 0.6) is 0 Å². The molecule has 0 N–H and O–H groups in total. The van der Waals surface area contributed by atoms with Gasteiger partial charge in [0.2, 0.25) is 5.91 Å². The van der Waals surface area contributed by atoms with Gasteiger partial charge in [-0.1, -0.05) is 15.9 Å². The van der Waals surface area contributed by atoms with E-state index in [-0.39, 0.29) is 5.91 Å². The molecule has 0 unspecified atom stereocenters. The number of aromatic nitrogens is 2. The van der Waals surface area contributed by atoms with Gasteiger partial charge in [0.25, 0.3) is 0 Å². The van der Waals surface area contributed by atoms with Crippen molar-refractivity contribution in [2.75, 3.05) is 0 Å². The first-order valence-corrected chi connectivity index (χ1v) is 6.43. The van der Waals surface area contributed by atoms with Gasteiger partial charge >= 0.3 is 0 Å². The minimum Gasteiger partial charge on any atom is -0.273 e. The topological polar surface area (TPSA) is 34.9 Å². The van der Waals surface area contributed by atoms with Crippen molar-refractivity contribution in [3.63, 3.8) is 0 Å². The number of hydrogen-bond acceptors (Lipinski definition) is 2. The molecule has 1 aromatic heterocycles. The molecular weight excluding hydrogens is 392 g/mol. The third-order valence-corrected chi connectivity index (χ3v) is 3.60. The number of rotatable bonds is 0. The van der Waals surface area contributed by atoms with E-state index in [4.69, 9.17) is 0 Å². The maximum atomic E-state index is 11.4. The molecule has 78 valence electrons. The van der Waals surface area contributed by atoms with E-state index in [1.807, 2.05) is 12.1 Å². The van der Waals surface area contributed by atoms with Crippen LogP contribution < -0.4 is 0 Å². The van der Waals surface area contributed by atoms with Crippen LogP contribution in [0.4, 0.5) is 0 Å². The van der Waals surface area contributed by atoms with E-state index < -0.39 is 0 Å². The van der Waals surface area contributed by atoms with Crippen molar-refractivity contribution in [3.8, 4) is 0 Å². The Bertz CT molecular complexity index is 562. The summed E-state index contributed by atoms with van der Waals surface area (Å²) in [7, 11) is 0. The van der Waals surface area contributed by atoms with Crippen LogP contribution in [0.15, 0.2) is 25.7 Å². The summed E-state index contributed by atoms with van der Waals surface area (Å²) in [5.41, 5.74) is 0.776. The summed E-state index contributed by atoms with van der Waals surface area (Å²) < 4.78 is 3.80. The normalized spacial score (nSPS) is 10.9. The molecular formula is C9H5Br3N2O. The van der Waals surface area contributed by atoms with Crippen molar-refractivity contribution in [2.45, 2.75) is 6.92 Å². The van der Waals surface area contributed by atoms with Gasteiger partial charge in [-0.3, -0.25) is 4.79 Å². The summed E-state index contributed by atoms with van der Waals surface area (Å²) in [6, 6.07) is 3.80. The number of carbonyl (C=O) groups excluding carboxylic acids is 1. The van der Waals surface area contributed by atoms with Gasteiger partial charge in [-0.25, -0.2) is 0 Å². The average molecular weight is 397 g/mol. The largest absolute Gasteiger partial charge is 0.273 e. The first-order chi connectivity index (χ1) is 7.00. The molecule has 0 aliphatic heterocycles. The molecule has 2 aromatic rings. The van der Waals surface area contributed by atoms with Crippen LogP contribution in [0.25, 0.3) is 10.9 Å². The predicted molar refractivity (Wildman–Crippen MR) is 69.1 cm³/mol. The number of nitrogens with zero attached hydrogens (tertiary/aromatic N) is 2. The van der Waals surface area contributed by atoms with Gasteiger partial charge in [0.15, 0.2) is 0 Å². The van der Waals surface area contributed by atoms with Gasteiger partial charge in [0.1, 0.15) is 4.60 Å². The molecule has 15 heavy (non-hydrogen) atoms. The lowest BCUT2D eigenvalue weighted by Gasteiger charge is -2.00. The summed E-state index contributed by atoms with van der Waals surface area (Å²) >= 11 is 10.1. The molecule has 0 amide bonds. The van der Waals surface area contributed by atoms with Crippen molar-refractivity contribution in [1.29, 1.82) is 0 Å². The second-order valence-corrected chi connectivity index (χ2v) is 5.53. The first-order valence-electron chi connectivity index (χ1n) is 4.05. The van der Waals surface area contributed by atoms with E-state index in [0.29, 0.717) is 4.60 Å². The number of halogens is 3. The van der Waals surface area contributed by atoms with Crippen LogP contribution in [0.2, 0.25) is 0 Å². The van der Waals surface area contributed by atoms with Crippen molar-refractivity contribution >= 4 is 64.6 Å². The molecule has 0 aliphatic carbocycles. The third-order valence-electron chi connectivity index (χ3n) is 1.95. The molecule has 0 radical (unpaired) electrons. The van der Waals surface area contributed by atoms with Gasteiger partial charge in [-0.2, -0.15) is 9.78 Å². The zero-order valence-electron chi connectivity index (χ0n) is 7.59. The van der Waals surface area contributed by atoms with Crippen LogP contribution >= 0.6 is 47.8 Å². The van der Waals surface area contributed by atoms with Gasteiger partial charge in [-0.05, 0) is 44.0 Å². The number of hydrogen-bond donors (Lipinski definition) is 0. The van der Waals surface area contributed by atoms with Crippen LogP contribution in [-0.2, 0) is 0 Å². The lowest BCUT2D eigenvalue weighted by atomic mass is 10.2. The summed E-state index contributed by atoms with van der Waals surface area (Å²) in [4.78, 5) is 11.4. The van der Waals surface area contributed by atoms with Crippen molar-refractivity contribution in [3.05, 3.63) is 25.7 Å². The highest BCUT2D eigenvalue weighted by molar-refractivity contribution is 9.11. The highest BCUT2D eigenvalue weighted by Gasteiger charge is 2.14. The lowest BCUT2D eigenvalue weighted by Crippen LogP contribution is -2.07. The molecule has 6 heteroatoms. The Morgan fingerprint density at radius 2 is 2.00 bits per heavy atom. The van der Waals surface area contributed by atoms with Crippen LogP contribution in [0, 0.1) is 0 Å². The van der Waals surface area contributed by atoms with Crippen molar-refractivity contribution in [1.82, 2.24) is 9.78 Å². The third kappa shape index (κ3) is 1.90. The first kappa shape index (κ1) is 11.3. The fraction of sp³-hybridized carbons (Fsp3) is 0.111.